The smallest absolute Gasteiger partial charge is 0.462 e. The topological polar surface area (TPSA) is 142 Å². The largest absolute Gasteiger partial charge is 0.472 e. The molecule has 0 saturated carbocycles. The van der Waals surface area contributed by atoms with Crippen LogP contribution in [0.15, 0.2) is 12.2 Å². The molecule has 0 radical (unpaired) electrons. The lowest BCUT2D eigenvalue weighted by molar-refractivity contribution is -0.870. The molecule has 0 aromatic carbocycles. The van der Waals surface area contributed by atoms with Crippen molar-refractivity contribution in [2.24, 2.45) is 0 Å². The zero-order chi connectivity index (χ0) is 31.7. The summed E-state index contributed by atoms with van der Waals surface area (Å²) >= 11 is 0. The third-order valence-electron chi connectivity index (χ3n) is 6.33. The SMILES string of the molecule is CCCCCCCCCCCCCCCC(=O)OC[C@H](COP(=O)(O)OCC[N+](C)(C)C)OC(=O)CC(=O)C=CC=O. The quantitative estimate of drug-likeness (QED) is 0.0227. The second-order valence-electron chi connectivity index (χ2n) is 11.5. The molecule has 0 rings (SSSR count). The van der Waals surface area contributed by atoms with E-state index in [1.54, 1.807) is 0 Å². The van der Waals surface area contributed by atoms with Crippen molar-refractivity contribution in [3.63, 3.8) is 0 Å². The number of aldehydes is 1. The van der Waals surface area contributed by atoms with E-state index in [1.807, 2.05) is 21.1 Å². The number of phosphoric acid groups is 1. The molecule has 0 aliphatic heterocycles. The van der Waals surface area contributed by atoms with Crippen LogP contribution in [0.4, 0.5) is 0 Å². The number of nitrogens with zero attached hydrogens (tertiary/aromatic N) is 1. The third kappa shape index (κ3) is 27.0. The van der Waals surface area contributed by atoms with Crippen molar-refractivity contribution < 1.29 is 51.6 Å². The van der Waals surface area contributed by atoms with E-state index in [0.717, 1.165) is 31.4 Å². The van der Waals surface area contributed by atoms with Gasteiger partial charge in [0.2, 0.25) is 0 Å². The fourth-order valence-electron chi connectivity index (χ4n) is 3.88. The lowest BCUT2D eigenvalue weighted by Gasteiger charge is -2.24. The number of unbranched alkanes of at least 4 members (excludes halogenated alkanes) is 12. The summed E-state index contributed by atoms with van der Waals surface area (Å²) in [6, 6.07) is 0. The summed E-state index contributed by atoms with van der Waals surface area (Å²) in [4.78, 5) is 56.4. The highest BCUT2D eigenvalue weighted by molar-refractivity contribution is 7.47. The van der Waals surface area contributed by atoms with Gasteiger partial charge in [-0.1, -0.05) is 84.0 Å². The minimum Gasteiger partial charge on any atom is -0.462 e. The van der Waals surface area contributed by atoms with Gasteiger partial charge in [-0.2, -0.15) is 0 Å². The third-order valence-corrected chi connectivity index (χ3v) is 7.32. The van der Waals surface area contributed by atoms with E-state index in [1.165, 1.54) is 57.8 Å². The molecule has 0 bridgehead atoms. The number of ether oxygens (including phenoxy) is 2. The number of phosphoric ester groups is 1. The average molecular weight is 621 g/mol. The summed E-state index contributed by atoms with van der Waals surface area (Å²) in [5.41, 5.74) is 0. The van der Waals surface area contributed by atoms with Crippen LogP contribution in [0.2, 0.25) is 0 Å². The van der Waals surface area contributed by atoms with Gasteiger partial charge in [0.05, 0.1) is 27.7 Å². The summed E-state index contributed by atoms with van der Waals surface area (Å²) in [7, 11) is 1.20. The van der Waals surface area contributed by atoms with Crippen LogP contribution in [0.1, 0.15) is 103 Å². The van der Waals surface area contributed by atoms with Crippen molar-refractivity contribution in [2.75, 3.05) is 47.5 Å². The zero-order valence-electron chi connectivity index (χ0n) is 26.3. The van der Waals surface area contributed by atoms with Gasteiger partial charge >= 0.3 is 19.8 Å². The maximum Gasteiger partial charge on any atom is 0.472 e. The van der Waals surface area contributed by atoms with Crippen LogP contribution in [0, 0.1) is 0 Å². The Bertz CT molecular complexity index is 840. The van der Waals surface area contributed by atoms with Crippen molar-refractivity contribution in [1.82, 2.24) is 0 Å². The van der Waals surface area contributed by atoms with Gasteiger partial charge in [0.25, 0.3) is 0 Å². The van der Waals surface area contributed by atoms with Crippen LogP contribution in [0.5, 0.6) is 0 Å². The molecule has 0 aromatic rings. The predicted molar refractivity (Wildman–Crippen MR) is 161 cm³/mol. The fourth-order valence-corrected chi connectivity index (χ4v) is 4.62. The molecule has 0 fully saturated rings. The fraction of sp³-hybridized carbons (Fsp3) is 0.800. The van der Waals surface area contributed by atoms with E-state index >= 15 is 0 Å². The van der Waals surface area contributed by atoms with Gasteiger partial charge in [0.1, 0.15) is 32.5 Å². The molecule has 0 amide bonds. The zero-order valence-corrected chi connectivity index (χ0v) is 27.2. The van der Waals surface area contributed by atoms with Crippen LogP contribution in [0.25, 0.3) is 0 Å². The van der Waals surface area contributed by atoms with Crippen LogP contribution in [0.3, 0.4) is 0 Å². The molecule has 0 aliphatic carbocycles. The number of ketones is 1. The number of esters is 2. The van der Waals surface area contributed by atoms with Gasteiger partial charge < -0.3 is 18.9 Å². The second kappa shape index (κ2) is 24.5. The number of allylic oxidation sites excluding steroid dienone is 2. The maximum absolute atomic E-state index is 12.2. The molecule has 244 valence electrons. The number of carbonyl (C=O) groups excluding carboxylic acids is 4. The summed E-state index contributed by atoms with van der Waals surface area (Å²) < 4.78 is 33.0. The number of quaternary nitrogens is 1. The first kappa shape index (κ1) is 40.1. The summed E-state index contributed by atoms with van der Waals surface area (Å²) in [5, 5.41) is 0. The molecule has 2 atom stereocenters. The van der Waals surface area contributed by atoms with Crippen molar-refractivity contribution >= 4 is 31.8 Å². The maximum atomic E-state index is 12.2. The second-order valence-corrected chi connectivity index (χ2v) is 13.0. The lowest BCUT2D eigenvalue weighted by Crippen LogP contribution is -2.37. The van der Waals surface area contributed by atoms with E-state index in [2.05, 4.69) is 6.92 Å². The summed E-state index contributed by atoms with van der Waals surface area (Å²) in [6.07, 6.45) is 16.0. The molecule has 1 unspecified atom stereocenters. The first-order chi connectivity index (χ1) is 19.9. The van der Waals surface area contributed by atoms with Gasteiger partial charge in [0, 0.05) is 6.42 Å². The van der Waals surface area contributed by atoms with Gasteiger partial charge in [-0.15, -0.1) is 0 Å². The molecular formula is C30H55NO10P+. The van der Waals surface area contributed by atoms with Crippen molar-refractivity contribution in [1.29, 1.82) is 0 Å². The van der Waals surface area contributed by atoms with Gasteiger partial charge in [-0.25, -0.2) is 4.57 Å². The summed E-state index contributed by atoms with van der Waals surface area (Å²) in [5.74, 6) is -2.12. The van der Waals surface area contributed by atoms with Crippen LogP contribution < -0.4 is 0 Å². The van der Waals surface area contributed by atoms with Gasteiger partial charge in [-0.3, -0.25) is 28.2 Å². The van der Waals surface area contributed by atoms with Crippen molar-refractivity contribution in [3.05, 3.63) is 12.2 Å². The Kier molecular flexibility index (Phi) is 23.4. The van der Waals surface area contributed by atoms with Crippen LogP contribution >= 0.6 is 7.82 Å². The molecule has 1 N–H and O–H groups in total. The number of likely N-dealkylation sites (N-methyl/N-ethyl adjacent to an activating group) is 1. The first-order valence-corrected chi connectivity index (χ1v) is 16.8. The molecule has 0 spiro atoms. The van der Waals surface area contributed by atoms with E-state index < -0.39 is 51.3 Å². The highest BCUT2D eigenvalue weighted by Crippen LogP contribution is 2.43. The standard InChI is InChI=1S/C30H54NO10P/c1-5-6-7-8-9-10-11-12-13-14-15-16-17-20-29(34)38-25-28(41-30(35)24-27(33)19-18-22-32)26-40-42(36,37)39-23-21-31(2,3)4/h18-19,22,28H,5-17,20-21,23-26H2,1-4H3/p+1/t28-/m1/s1. The first-order valence-electron chi connectivity index (χ1n) is 15.3. The van der Waals surface area contributed by atoms with E-state index in [9.17, 15) is 28.6 Å². The molecule has 0 aromatic heterocycles. The Morgan fingerprint density at radius 1 is 0.810 bits per heavy atom. The Balaban J connectivity index is 4.46. The molecule has 0 saturated heterocycles. The number of hydrogen-bond donors (Lipinski definition) is 1. The Hall–Kier alpha value is -1.91. The molecule has 0 heterocycles. The number of carbonyl (C=O) groups is 4. The minimum atomic E-state index is -4.47. The molecule has 0 aliphatic rings. The number of rotatable bonds is 28. The van der Waals surface area contributed by atoms with E-state index in [0.29, 0.717) is 23.7 Å². The Morgan fingerprint density at radius 3 is 1.88 bits per heavy atom. The Morgan fingerprint density at radius 2 is 1.36 bits per heavy atom. The number of hydrogen-bond acceptors (Lipinski definition) is 9. The highest BCUT2D eigenvalue weighted by Gasteiger charge is 2.27. The Labute approximate surface area is 252 Å². The monoisotopic (exact) mass is 620 g/mol. The van der Waals surface area contributed by atoms with Gasteiger partial charge in [0.15, 0.2) is 11.9 Å². The minimum absolute atomic E-state index is 0.0482. The van der Waals surface area contributed by atoms with E-state index in [-0.39, 0.29) is 13.0 Å². The normalized spacial score (nSPS) is 13.9. The predicted octanol–water partition coefficient (Wildman–Crippen LogP) is 5.48. The van der Waals surface area contributed by atoms with Crippen molar-refractivity contribution in [3.8, 4) is 0 Å². The highest BCUT2D eigenvalue weighted by atomic mass is 31.2. The molecule has 42 heavy (non-hydrogen) atoms. The summed E-state index contributed by atoms with van der Waals surface area (Å²) in [6.45, 7) is 1.62. The van der Waals surface area contributed by atoms with Crippen LogP contribution in [-0.4, -0.2) is 87.0 Å². The molecule has 12 heteroatoms. The molecular weight excluding hydrogens is 565 g/mol. The lowest BCUT2D eigenvalue weighted by atomic mass is 10.0. The molecule has 11 nitrogen and oxygen atoms in total. The van der Waals surface area contributed by atoms with Crippen LogP contribution in [-0.2, 0) is 42.3 Å². The average Bonchev–Trinajstić information content (AvgIpc) is 2.90. The van der Waals surface area contributed by atoms with Gasteiger partial charge in [-0.05, 0) is 18.6 Å². The van der Waals surface area contributed by atoms with Crippen molar-refractivity contribution in [2.45, 2.75) is 109 Å². The van der Waals surface area contributed by atoms with E-state index in [4.69, 9.17) is 18.5 Å².